The van der Waals surface area contributed by atoms with E-state index in [2.05, 4.69) is 15.5 Å². The van der Waals surface area contributed by atoms with Crippen LogP contribution < -0.4 is 10.6 Å². The summed E-state index contributed by atoms with van der Waals surface area (Å²) in [4.78, 5) is 20.5. The number of furan rings is 1. The zero-order valence-electron chi connectivity index (χ0n) is 17.3. The Balaban J connectivity index is 1.88. The number of ether oxygens (including phenoxy) is 1. The van der Waals surface area contributed by atoms with Crippen LogP contribution in [0.5, 0.6) is 0 Å². The highest BCUT2D eigenvalue weighted by molar-refractivity contribution is 5.80. The number of likely N-dealkylation sites (tertiary alicyclic amines) is 1. The van der Waals surface area contributed by atoms with Crippen molar-refractivity contribution in [2.75, 3.05) is 40.3 Å². The maximum Gasteiger partial charge on any atom is 0.410 e. The standard InChI is InChI=1S/C19H33N5O3/c1-7-20-17(21-11-15(23(5)6)16-9-8-10-26-16)22-14-12-24(13-14)18(25)27-19(2,3)4/h8-10,14-15H,7,11-13H2,1-6H3,(H2,20,21,22). The fraction of sp³-hybridized carbons (Fsp3) is 0.684. The van der Waals surface area contributed by atoms with Gasteiger partial charge < -0.3 is 24.7 Å². The summed E-state index contributed by atoms with van der Waals surface area (Å²) in [6.07, 6.45) is 1.41. The minimum absolute atomic E-state index is 0.0649. The number of carbonyl (C=O) groups excluding carboxylic acids is 1. The second kappa shape index (κ2) is 9.12. The third-order valence-electron chi connectivity index (χ3n) is 4.14. The number of hydrogen-bond acceptors (Lipinski definition) is 5. The van der Waals surface area contributed by atoms with Crippen molar-refractivity contribution < 1.29 is 13.9 Å². The molecular weight excluding hydrogens is 346 g/mol. The van der Waals surface area contributed by atoms with Crippen LogP contribution in [0.25, 0.3) is 0 Å². The molecule has 1 aliphatic rings. The van der Waals surface area contributed by atoms with E-state index in [-0.39, 0.29) is 18.2 Å². The maximum atomic E-state index is 12.0. The molecule has 0 bridgehead atoms. The van der Waals surface area contributed by atoms with Gasteiger partial charge in [0.05, 0.1) is 24.9 Å². The van der Waals surface area contributed by atoms with E-state index in [1.165, 1.54) is 0 Å². The van der Waals surface area contributed by atoms with Gasteiger partial charge in [0.15, 0.2) is 5.96 Å². The van der Waals surface area contributed by atoms with Gasteiger partial charge in [0.25, 0.3) is 0 Å². The number of rotatable bonds is 6. The molecule has 1 aromatic heterocycles. The van der Waals surface area contributed by atoms with Crippen LogP contribution in [0.2, 0.25) is 0 Å². The van der Waals surface area contributed by atoms with Gasteiger partial charge in [-0.1, -0.05) is 0 Å². The van der Waals surface area contributed by atoms with Crippen molar-refractivity contribution in [2.24, 2.45) is 4.99 Å². The summed E-state index contributed by atoms with van der Waals surface area (Å²) >= 11 is 0. The molecule has 8 nitrogen and oxygen atoms in total. The van der Waals surface area contributed by atoms with Gasteiger partial charge in [-0.05, 0) is 53.9 Å². The number of nitrogens with zero attached hydrogens (tertiary/aromatic N) is 3. The monoisotopic (exact) mass is 379 g/mol. The lowest BCUT2D eigenvalue weighted by Crippen LogP contribution is -2.63. The first-order valence-corrected chi connectivity index (χ1v) is 9.42. The molecule has 2 heterocycles. The van der Waals surface area contributed by atoms with Gasteiger partial charge >= 0.3 is 6.09 Å². The molecule has 0 aromatic carbocycles. The van der Waals surface area contributed by atoms with Crippen LogP contribution in [-0.2, 0) is 4.74 Å². The van der Waals surface area contributed by atoms with Crippen LogP contribution in [0.1, 0.15) is 39.5 Å². The molecule has 2 N–H and O–H groups in total. The second-order valence-corrected chi connectivity index (χ2v) is 7.94. The zero-order chi connectivity index (χ0) is 20.0. The Bertz CT molecular complexity index is 616. The first-order chi connectivity index (χ1) is 12.7. The molecule has 1 fully saturated rings. The summed E-state index contributed by atoms with van der Waals surface area (Å²) in [7, 11) is 4.02. The molecule has 8 heteroatoms. The topological polar surface area (TPSA) is 82.3 Å². The van der Waals surface area contributed by atoms with Crippen molar-refractivity contribution in [3.8, 4) is 0 Å². The van der Waals surface area contributed by atoms with Crippen LogP contribution in [0.15, 0.2) is 27.8 Å². The lowest BCUT2D eigenvalue weighted by atomic mass is 10.1. The Labute approximate surface area is 161 Å². The van der Waals surface area contributed by atoms with Gasteiger partial charge in [-0.2, -0.15) is 0 Å². The number of hydrogen-bond donors (Lipinski definition) is 2. The Hall–Kier alpha value is -2.22. The Morgan fingerprint density at radius 3 is 2.67 bits per heavy atom. The number of likely N-dealkylation sites (N-methyl/N-ethyl adjacent to an activating group) is 1. The lowest BCUT2D eigenvalue weighted by molar-refractivity contribution is 0.00700. The SMILES string of the molecule is CCNC(=NCC(c1ccco1)N(C)C)NC1CN(C(=O)OC(C)(C)C)C1. The summed E-state index contributed by atoms with van der Waals surface area (Å²) in [5.41, 5.74) is -0.473. The van der Waals surface area contributed by atoms with E-state index >= 15 is 0 Å². The Morgan fingerprint density at radius 1 is 1.44 bits per heavy atom. The van der Waals surface area contributed by atoms with Gasteiger partial charge in [0.2, 0.25) is 0 Å². The molecule has 152 valence electrons. The van der Waals surface area contributed by atoms with E-state index in [9.17, 15) is 4.79 Å². The average molecular weight is 380 g/mol. The van der Waals surface area contributed by atoms with E-state index in [1.807, 2.05) is 53.9 Å². The number of guanidine groups is 1. The van der Waals surface area contributed by atoms with Crippen molar-refractivity contribution in [3.63, 3.8) is 0 Å². The number of aliphatic imine (C=N–C) groups is 1. The Morgan fingerprint density at radius 2 is 2.15 bits per heavy atom. The highest BCUT2D eigenvalue weighted by atomic mass is 16.6. The maximum absolute atomic E-state index is 12.0. The molecular formula is C19H33N5O3. The number of amides is 1. The highest BCUT2D eigenvalue weighted by Crippen LogP contribution is 2.19. The molecule has 1 aromatic rings. The summed E-state index contributed by atoms with van der Waals surface area (Å²) in [6, 6.07) is 4.08. The summed E-state index contributed by atoms with van der Waals surface area (Å²) in [6.45, 7) is 10.2. The van der Waals surface area contributed by atoms with Crippen LogP contribution in [0, 0.1) is 0 Å². The van der Waals surface area contributed by atoms with Crippen molar-refractivity contribution in [1.29, 1.82) is 0 Å². The van der Waals surface area contributed by atoms with Crippen LogP contribution >= 0.6 is 0 Å². The summed E-state index contributed by atoms with van der Waals surface area (Å²) in [5, 5.41) is 6.64. The highest BCUT2D eigenvalue weighted by Gasteiger charge is 2.34. The van der Waals surface area contributed by atoms with Crippen LogP contribution in [0.4, 0.5) is 4.79 Å². The number of carbonyl (C=O) groups is 1. The predicted molar refractivity (Wildman–Crippen MR) is 106 cm³/mol. The third kappa shape index (κ3) is 6.46. The largest absolute Gasteiger partial charge is 0.468 e. The minimum Gasteiger partial charge on any atom is -0.468 e. The predicted octanol–water partition coefficient (Wildman–Crippen LogP) is 2.06. The van der Waals surface area contributed by atoms with Crippen LogP contribution in [-0.4, -0.2) is 73.8 Å². The first-order valence-electron chi connectivity index (χ1n) is 9.42. The molecule has 1 unspecified atom stereocenters. The lowest BCUT2D eigenvalue weighted by Gasteiger charge is -2.40. The Kier molecular flexibility index (Phi) is 7.12. The van der Waals surface area contributed by atoms with Gasteiger partial charge in [-0.15, -0.1) is 0 Å². The van der Waals surface area contributed by atoms with Crippen LogP contribution in [0.3, 0.4) is 0 Å². The molecule has 1 amide bonds. The fourth-order valence-corrected chi connectivity index (χ4v) is 2.73. The zero-order valence-corrected chi connectivity index (χ0v) is 17.3. The quantitative estimate of drug-likeness (QED) is 0.582. The second-order valence-electron chi connectivity index (χ2n) is 7.94. The third-order valence-corrected chi connectivity index (χ3v) is 4.14. The molecule has 0 radical (unpaired) electrons. The smallest absolute Gasteiger partial charge is 0.410 e. The average Bonchev–Trinajstić information content (AvgIpc) is 3.02. The summed E-state index contributed by atoms with van der Waals surface area (Å²) < 4.78 is 10.9. The van der Waals surface area contributed by atoms with E-state index in [0.29, 0.717) is 19.6 Å². The van der Waals surface area contributed by atoms with Gasteiger partial charge in [0, 0.05) is 19.6 Å². The van der Waals surface area contributed by atoms with Gasteiger partial charge in [0.1, 0.15) is 11.4 Å². The van der Waals surface area contributed by atoms with Crippen molar-refractivity contribution in [2.45, 2.75) is 45.4 Å². The number of nitrogens with one attached hydrogen (secondary N) is 2. The molecule has 2 rings (SSSR count). The molecule has 0 spiro atoms. The van der Waals surface area contributed by atoms with E-state index < -0.39 is 5.60 Å². The molecule has 1 aliphatic heterocycles. The molecule has 1 saturated heterocycles. The first kappa shape index (κ1) is 21.1. The van der Waals surface area contributed by atoms with Crippen molar-refractivity contribution in [3.05, 3.63) is 24.2 Å². The molecule has 27 heavy (non-hydrogen) atoms. The van der Waals surface area contributed by atoms with Gasteiger partial charge in [-0.3, -0.25) is 9.89 Å². The van der Waals surface area contributed by atoms with Crippen molar-refractivity contribution in [1.82, 2.24) is 20.4 Å². The normalized spacial score (nSPS) is 16.9. The molecule has 0 aliphatic carbocycles. The van der Waals surface area contributed by atoms with E-state index in [4.69, 9.17) is 14.1 Å². The molecule has 0 saturated carbocycles. The van der Waals surface area contributed by atoms with Crippen molar-refractivity contribution >= 4 is 12.1 Å². The fourth-order valence-electron chi connectivity index (χ4n) is 2.73. The molecule has 1 atom stereocenters. The van der Waals surface area contributed by atoms with E-state index in [1.54, 1.807) is 11.2 Å². The van der Waals surface area contributed by atoms with Gasteiger partial charge in [-0.25, -0.2) is 4.79 Å². The summed E-state index contributed by atoms with van der Waals surface area (Å²) in [5.74, 6) is 1.63. The van der Waals surface area contributed by atoms with E-state index in [0.717, 1.165) is 18.3 Å². The minimum atomic E-state index is -0.473.